The predicted molar refractivity (Wildman–Crippen MR) is 91.4 cm³/mol. The average Bonchev–Trinajstić information content (AvgIpc) is 3.04. The van der Waals surface area contributed by atoms with Crippen molar-refractivity contribution in [2.45, 2.75) is 40.0 Å². The molecule has 1 amide bonds. The van der Waals surface area contributed by atoms with Crippen LogP contribution in [0.2, 0.25) is 0 Å². The van der Waals surface area contributed by atoms with Crippen LogP contribution >= 0.6 is 0 Å². The number of carbonyl (C=O) groups excluding carboxylic acids is 2. The molecule has 0 spiro atoms. The Kier molecular flexibility index (Phi) is 3.84. The van der Waals surface area contributed by atoms with E-state index in [1.807, 2.05) is 36.9 Å². The standard InChI is InChI=1S/C19H22N2O2/c1-5-14-17(13(4)22)12(3)20-18(14)19(23)21-10-11(2)15-8-6-7-9-16(15)21/h6-9,11,20H,5,10H2,1-4H3/t11-/m0/s1. The van der Waals surface area contributed by atoms with Crippen molar-refractivity contribution < 1.29 is 9.59 Å². The van der Waals surface area contributed by atoms with Crippen LogP contribution in [0.15, 0.2) is 24.3 Å². The number of ketones is 1. The predicted octanol–water partition coefficient (Wildman–Crippen LogP) is 3.85. The van der Waals surface area contributed by atoms with Crippen molar-refractivity contribution in [3.8, 4) is 0 Å². The van der Waals surface area contributed by atoms with Crippen LogP contribution in [0.3, 0.4) is 0 Å². The zero-order valence-electron chi connectivity index (χ0n) is 14.1. The number of carbonyl (C=O) groups is 2. The van der Waals surface area contributed by atoms with Crippen LogP contribution < -0.4 is 4.90 Å². The number of anilines is 1. The molecular formula is C19H22N2O2. The molecule has 3 rings (SSSR count). The summed E-state index contributed by atoms with van der Waals surface area (Å²) < 4.78 is 0. The number of Topliss-reactive ketones (excluding diaryl/α,β-unsaturated/α-hetero) is 1. The van der Waals surface area contributed by atoms with Gasteiger partial charge in [0.15, 0.2) is 5.78 Å². The van der Waals surface area contributed by atoms with Crippen LogP contribution in [0.4, 0.5) is 5.69 Å². The van der Waals surface area contributed by atoms with Gasteiger partial charge in [-0.1, -0.05) is 32.0 Å². The number of aromatic amines is 1. The van der Waals surface area contributed by atoms with Crippen molar-refractivity contribution in [3.05, 3.63) is 52.3 Å². The SMILES string of the molecule is CCc1c(C(=O)N2C[C@H](C)c3ccccc32)[nH]c(C)c1C(C)=O. The molecule has 4 nitrogen and oxygen atoms in total. The maximum atomic E-state index is 13.1. The van der Waals surface area contributed by atoms with Crippen LogP contribution in [0.1, 0.15) is 64.4 Å². The zero-order chi connectivity index (χ0) is 16.7. The maximum absolute atomic E-state index is 13.1. The van der Waals surface area contributed by atoms with Crippen molar-refractivity contribution in [1.82, 2.24) is 4.98 Å². The highest BCUT2D eigenvalue weighted by atomic mass is 16.2. The third-order valence-corrected chi connectivity index (χ3v) is 4.67. The normalized spacial score (nSPS) is 16.5. The number of nitrogens with zero attached hydrogens (tertiary/aromatic N) is 1. The zero-order valence-corrected chi connectivity index (χ0v) is 14.1. The Hall–Kier alpha value is -2.36. The summed E-state index contributed by atoms with van der Waals surface area (Å²) in [5.74, 6) is 0.280. The summed E-state index contributed by atoms with van der Waals surface area (Å²) in [7, 11) is 0. The van der Waals surface area contributed by atoms with E-state index in [0.29, 0.717) is 30.1 Å². The molecule has 0 radical (unpaired) electrons. The molecular weight excluding hydrogens is 288 g/mol. The fourth-order valence-corrected chi connectivity index (χ4v) is 3.64. The fourth-order valence-electron chi connectivity index (χ4n) is 3.64. The molecule has 1 aliphatic heterocycles. The maximum Gasteiger partial charge on any atom is 0.275 e. The summed E-state index contributed by atoms with van der Waals surface area (Å²) in [5, 5.41) is 0. The molecule has 0 aliphatic carbocycles. The van der Waals surface area contributed by atoms with Gasteiger partial charge in [0.05, 0.1) is 0 Å². The number of fused-ring (bicyclic) bond motifs is 1. The molecule has 1 aromatic carbocycles. The lowest BCUT2D eigenvalue weighted by atomic mass is 10.0. The number of amides is 1. The lowest BCUT2D eigenvalue weighted by Gasteiger charge is -2.17. The minimum Gasteiger partial charge on any atom is -0.354 e. The molecule has 23 heavy (non-hydrogen) atoms. The molecule has 1 N–H and O–H groups in total. The van der Waals surface area contributed by atoms with Crippen LogP contribution in [0.5, 0.6) is 0 Å². The first kappa shape index (κ1) is 15.5. The summed E-state index contributed by atoms with van der Waals surface area (Å²) >= 11 is 0. The molecule has 0 unspecified atom stereocenters. The smallest absolute Gasteiger partial charge is 0.275 e. The number of aryl methyl sites for hydroxylation is 1. The van der Waals surface area contributed by atoms with Crippen molar-refractivity contribution in [2.75, 3.05) is 11.4 Å². The van der Waals surface area contributed by atoms with Crippen LogP contribution in [0, 0.1) is 6.92 Å². The molecule has 2 aromatic rings. The van der Waals surface area contributed by atoms with E-state index >= 15 is 0 Å². The number of aromatic nitrogens is 1. The molecule has 1 aromatic heterocycles. The number of rotatable bonds is 3. The van der Waals surface area contributed by atoms with Gasteiger partial charge in [-0.25, -0.2) is 0 Å². The Balaban J connectivity index is 2.06. The van der Waals surface area contributed by atoms with Crippen molar-refractivity contribution in [3.63, 3.8) is 0 Å². The summed E-state index contributed by atoms with van der Waals surface area (Å²) in [6.07, 6.45) is 0.658. The Morgan fingerprint density at radius 2 is 2.00 bits per heavy atom. The molecule has 1 atom stereocenters. The number of hydrogen-bond acceptors (Lipinski definition) is 2. The third kappa shape index (κ3) is 2.38. The molecule has 0 saturated carbocycles. The first-order chi connectivity index (χ1) is 11.0. The third-order valence-electron chi connectivity index (χ3n) is 4.67. The van der Waals surface area contributed by atoms with Gasteiger partial charge in [0.25, 0.3) is 5.91 Å². The summed E-state index contributed by atoms with van der Waals surface area (Å²) in [5.41, 5.74) is 5.00. The van der Waals surface area contributed by atoms with Crippen LogP contribution in [0.25, 0.3) is 0 Å². The first-order valence-electron chi connectivity index (χ1n) is 8.08. The second kappa shape index (κ2) is 5.69. The van der Waals surface area contributed by atoms with Crippen molar-refractivity contribution in [1.29, 1.82) is 0 Å². The largest absolute Gasteiger partial charge is 0.354 e. The second-order valence-corrected chi connectivity index (χ2v) is 6.26. The molecule has 0 fully saturated rings. The van der Waals surface area contributed by atoms with Crippen LogP contribution in [-0.4, -0.2) is 23.2 Å². The van der Waals surface area contributed by atoms with Gasteiger partial charge in [-0.15, -0.1) is 0 Å². The monoisotopic (exact) mass is 310 g/mol. The lowest BCUT2D eigenvalue weighted by Crippen LogP contribution is -2.30. The van der Waals surface area contributed by atoms with E-state index in [1.165, 1.54) is 5.56 Å². The Morgan fingerprint density at radius 1 is 1.30 bits per heavy atom. The Morgan fingerprint density at radius 3 is 2.65 bits per heavy atom. The number of benzene rings is 1. The summed E-state index contributed by atoms with van der Waals surface area (Å²) in [4.78, 5) is 30.0. The molecule has 2 heterocycles. The van der Waals surface area contributed by atoms with E-state index in [2.05, 4.69) is 18.0 Å². The number of H-pyrrole nitrogens is 1. The minimum absolute atomic E-state index is 0.00448. The first-order valence-corrected chi connectivity index (χ1v) is 8.08. The molecule has 4 heteroatoms. The fraction of sp³-hybridized carbons (Fsp3) is 0.368. The van der Waals surface area contributed by atoms with Gasteiger partial charge >= 0.3 is 0 Å². The van der Waals surface area contributed by atoms with Crippen LogP contribution in [-0.2, 0) is 6.42 Å². The van der Waals surface area contributed by atoms with E-state index in [9.17, 15) is 9.59 Å². The van der Waals surface area contributed by atoms with E-state index in [1.54, 1.807) is 6.92 Å². The highest BCUT2D eigenvalue weighted by Crippen LogP contribution is 2.37. The average molecular weight is 310 g/mol. The second-order valence-electron chi connectivity index (χ2n) is 6.26. The number of para-hydroxylation sites is 1. The quantitative estimate of drug-likeness (QED) is 0.875. The van der Waals surface area contributed by atoms with Gasteiger partial charge in [-0.05, 0) is 37.5 Å². The van der Waals surface area contributed by atoms with Gasteiger partial charge < -0.3 is 9.88 Å². The van der Waals surface area contributed by atoms with Crippen molar-refractivity contribution >= 4 is 17.4 Å². The van der Waals surface area contributed by atoms with E-state index in [0.717, 1.165) is 16.9 Å². The van der Waals surface area contributed by atoms with E-state index in [-0.39, 0.29) is 11.7 Å². The minimum atomic E-state index is -0.0470. The van der Waals surface area contributed by atoms with E-state index in [4.69, 9.17) is 0 Å². The molecule has 0 bridgehead atoms. The summed E-state index contributed by atoms with van der Waals surface area (Å²) in [6.45, 7) is 8.19. The lowest BCUT2D eigenvalue weighted by molar-refractivity contribution is 0.0982. The van der Waals surface area contributed by atoms with Gasteiger partial charge in [0.1, 0.15) is 5.69 Å². The van der Waals surface area contributed by atoms with Gasteiger partial charge in [0, 0.05) is 29.4 Å². The van der Waals surface area contributed by atoms with Gasteiger partial charge in [0.2, 0.25) is 0 Å². The Bertz CT molecular complexity index is 789. The van der Waals surface area contributed by atoms with E-state index < -0.39 is 0 Å². The number of nitrogens with one attached hydrogen (secondary N) is 1. The number of hydrogen-bond donors (Lipinski definition) is 1. The van der Waals surface area contributed by atoms with Gasteiger partial charge in [-0.3, -0.25) is 9.59 Å². The molecule has 1 aliphatic rings. The Labute approximate surface area is 136 Å². The topological polar surface area (TPSA) is 53.2 Å². The molecule has 120 valence electrons. The summed E-state index contributed by atoms with van der Waals surface area (Å²) in [6, 6.07) is 8.03. The highest BCUT2D eigenvalue weighted by Gasteiger charge is 2.32. The highest BCUT2D eigenvalue weighted by molar-refractivity contribution is 6.10. The van der Waals surface area contributed by atoms with Gasteiger partial charge in [-0.2, -0.15) is 0 Å². The van der Waals surface area contributed by atoms with Crippen molar-refractivity contribution in [2.24, 2.45) is 0 Å². The molecule has 0 saturated heterocycles.